The highest BCUT2D eigenvalue weighted by molar-refractivity contribution is 8.26. The molecule has 1 aliphatic rings. The van der Waals surface area contributed by atoms with Crippen molar-refractivity contribution in [1.29, 1.82) is 0 Å². The highest BCUT2D eigenvalue weighted by Crippen LogP contribution is 2.36. The lowest BCUT2D eigenvalue weighted by Crippen LogP contribution is -2.22. The molecule has 160 valence electrons. The van der Waals surface area contributed by atoms with Crippen molar-refractivity contribution in [3.63, 3.8) is 0 Å². The molecule has 2 aromatic rings. The average Bonchev–Trinajstić information content (AvgIpc) is 3.00. The van der Waals surface area contributed by atoms with E-state index in [4.69, 9.17) is 21.7 Å². The molecule has 3 rings (SSSR count). The van der Waals surface area contributed by atoms with E-state index < -0.39 is 11.9 Å². The molecule has 1 aliphatic heterocycles. The molecule has 0 unspecified atom stereocenters. The Labute approximate surface area is 186 Å². The summed E-state index contributed by atoms with van der Waals surface area (Å²) in [5.41, 5.74) is 0.315. The number of carboxylic acid groups (broad SMARTS) is 1. The summed E-state index contributed by atoms with van der Waals surface area (Å²) in [6, 6.07) is 6.95. The van der Waals surface area contributed by atoms with Gasteiger partial charge in [-0.2, -0.15) is 10.1 Å². The maximum absolute atomic E-state index is 12.7. The number of benzene rings is 2. The van der Waals surface area contributed by atoms with Crippen LogP contribution in [-0.4, -0.2) is 57.0 Å². The Balaban J connectivity index is 1.93. The van der Waals surface area contributed by atoms with Gasteiger partial charge in [0.15, 0.2) is 15.8 Å². The quantitative estimate of drug-likeness (QED) is 0.338. The first kappa shape index (κ1) is 22.1. The van der Waals surface area contributed by atoms with E-state index in [1.807, 2.05) is 0 Å². The van der Waals surface area contributed by atoms with Crippen molar-refractivity contribution in [2.45, 2.75) is 0 Å². The largest absolute Gasteiger partial charge is 0.508 e. The van der Waals surface area contributed by atoms with E-state index in [0.29, 0.717) is 5.56 Å². The number of aromatic carboxylic acids is 1. The van der Waals surface area contributed by atoms with Crippen LogP contribution in [0.25, 0.3) is 6.08 Å². The van der Waals surface area contributed by atoms with Crippen LogP contribution in [0.4, 0.5) is 0 Å². The van der Waals surface area contributed by atoms with E-state index in [1.54, 1.807) is 0 Å². The molecule has 0 radical (unpaired) electrons. The molecule has 1 saturated heterocycles. The van der Waals surface area contributed by atoms with Crippen molar-refractivity contribution in [3.8, 4) is 23.0 Å². The van der Waals surface area contributed by atoms with Gasteiger partial charge in [-0.25, -0.2) is 4.79 Å². The molecule has 31 heavy (non-hydrogen) atoms. The Bertz CT molecular complexity index is 1140. The summed E-state index contributed by atoms with van der Waals surface area (Å²) in [6.45, 7) is 0. The molecule has 1 fully saturated rings. The molecule has 9 nitrogen and oxygen atoms in total. The average molecular weight is 460 g/mol. The van der Waals surface area contributed by atoms with Crippen LogP contribution in [0, 0.1) is 0 Å². The number of nitrogens with zero attached hydrogens (tertiary/aromatic N) is 2. The van der Waals surface area contributed by atoms with Gasteiger partial charge < -0.3 is 24.8 Å². The minimum atomic E-state index is -1.26. The summed E-state index contributed by atoms with van der Waals surface area (Å²) in [5, 5.41) is 33.9. The molecule has 1 heterocycles. The monoisotopic (exact) mass is 460 g/mol. The van der Waals surface area contributed by atoms with Gasteiger partial charge in [-0.05, 0) is 42.6 Å². The number of methoxy groups -OCH3 is 2. The second kappa shape index (κ2) is 9.06. The second-order valence-corrected chi connectivity index (χ2v) is 7.73. The first-order chi connectivity index (χ1) is 14.8. The van der Waals surface area contributed by atoms with E-state index in [1.165, 1.54) is 50.8 Å². The number of phenols is 2. The van der Waals surface area contributed by atoms with Crippen LogP contribution < -0.4 is 9.47 Å². The number of thioether (sulfide) groups is 1. The van der Waals surface area contributed by atoms with Crippen LogP contribution in [0.1, 0.15) is 21.5 Å². The minimum Gasteiger partial charge on any atom is -0.508 e. The fourth-order valence-corrected chi connectivity index (χ4v) is 3.91. The van der Waals surface area contributed by atoms with Gasteiger partial charge in [-0.1, -0.05) is 11.8 Å². The zero-order chi connectivity index (χ0) is 22.7. The fraction of sp³-hybridized carbons (Fsp3) is 0.100. The molecule has 1 amide bonds. The molecule has 0 atom stereocenters. The van der Waals surface area contributed by atoms with Crippen molar-refractivity contribution >= 4 is 52.5 Å². The van der Waals surface area contributed by atoms with Crippen molar-refractivity contribution < 1.29 is 34.4 Å². The molecule has 3 N–H and O–H groups in total. The number of carbonyl (C=O) groups is 2. The summed E-state index contributed by atoms with van der Waals surface area (Å²) in [4.78, 5) is 24.7. The zero-order valence-corrected chi connectivity index (χ0v) is 17.9. The number of hydrazone groups is 1. The number of rotatable bonds is 6. The number of aromatic hydroxyl groups is 2. The smallest absolute Gasteiger partial charge is 0.340 e. The predicted octanol–water partition coefficient (Wildman–Crippen LogP) is 3.05. The summed E-state index contributed by atoms with van der Waals surface area (Å²) in [6.07, 6.45) is 2.61. The standard InChI is InChI=1S/C20H16N2O7S2/c1-28-14-6-4-11(16(19(26)27)17(14)29-2)9-21-22-18(25)15(31-20(22)30)7-10-3-5-12(23)8-13(10)24/h3-9,23-24H,1-2H3,(H,26,27)/b15-7+,21-9+. The normalized spacial score (nSPS) is 15.2. The fourth-order valence-electron chi connectivity index (χ4n) is 2.74. The molecule has 0 aliphatic carbocycles. The van der Waals surface area contributed by atoms with Gasteiger partial charge in [0.2, 0.25) is 0 Å². The van der Waals surface area contributed by atoms with Gasteiger partial charge >= 0.3 is 5.97 Å². The van der Waals surface area contributed by atoms with E-state index >= 15 is 0 Å². The van der Waals surface area contributed by atoms with E-state index in [9.17, 15) is 24.9 Å². The first-order valence-electron chi connectivity index (χ1n) is 8.59. The zero-order valence-electron chi connectivity index (χ0n) is 16.2. The van der Waals surface area contributed by atoms with Crippen molar-refractivity contribution in [1.82, 2.24) is 5.01 Å². The lowest BCUT2D eigenvalue weighted by molar-refractivity contribution is -0.122. The van der Waals surface area contributed by atoms with Crippen molar-refractivity contribution in [3.05, 3.63) is 51.9 Å². The maximum atomic E-state index is 12.7. The van der Waals surface area contributed by atoms with Crippen molar-refractivity contribution in [2.75, 3.05) is 14.2 Å². The Morgan fingerprint density at radius 2 is 1.87 bits per heavy atom. The van der Waals surface area contributed by atoms with E-state index in [0.717, 1.165) is 22.8 Å². The number of carbonyl (C=O) groups excluding carboxylic acids is 1. The molecule has 0 bridgehead atoms. The Morgan fingerprint density at radius 3 is 2.48 bits per heavy atom. The molecule has 0 saturated carbocycles. The molecule has 0 spiro atoms. The van der Waals surface area contributed by atoms with Crippen LogP contribution in [0.15, 0.2) is 40.3 Å². The highest BCUT2D eigenvalue weighted by Gasteiger charge is 2.32. The topological polar surface area (TPSA) is 129 Å². The summed E-state index contributed by atoms with van der Waals surface area (Å²) >= 11 is 6.17. The number of hydrogen-bond acceptors (Lipinski definition) is 9. The van der Waals surface area contributed by atoms with Crippen LogP contribution in [0.2, 0.25) is 0 Å². The van der Waals surface area contributed by atoms with Crippen LogP contribution in [0.5, 0.6) is 23.0 Å². The molecule has 11 heteroatoms. The van der Waals surface area contributed by atoms with Gasteiger partial charge in [0.05, 0.1) is 25.3 Å². The lowest BCUT2D eigenvalue weighted by atomic mass is 10.1. The van der Waals surface area contributed by atoms with Crippen LogP contribution >= 0.6 is 24.0 Å². The highest BCUT2D eigenvalue weighted by atomic mass is 32.2. The maximum Gasteiger partial charge on any atom is 0.340 e. The number of thiocarbonyl (C=S) groups is 1. The Morgan fingerprint density at radius 1 is 1.16 bits per heavy atom. The number of hydrogen-bond donors (Lipinski definition) is 3. The first-order valence-corrected chi connectivity index (χ1v) is 9.81. The third-order valence-corrected chi connectivity index (χ3v) is 5.46. The predicted molar refractivity (Wildman–Crippen MR) is 119 cm³/mol. The molecular weight excluding hydrogens is 444 g/mol. The van der Waals surface area contributed by atoms with Crippen LogP contribution in [0.3, 0.4) is 0 Å². The number of amides is 1. The minimum absolute atomic E-state index is 0.0204. The van der Waals surface area contributed by atoms with Gasteiger partial charge in [0.1, 0.15) is 17.1 Å². The molecular formula is C20H16N2O7S2. The lowest BCUT2D eigenvalue weighted by Gasteiger charge is -2.13. The summed E-state index contributed by atoms with van der Waals surface area (Å²) in [5.74, 6) is -1.87. The van der Waals surface area contributed by atoms with E-state index in [2.05, 4.69) is 5.10 Å². The van der Waals surface area contributed by atoms with Gasteiger partial charge in [-0.15, -0.1) is 0 Å². The molecule has 0 aromatic heterocycles. The SMILES string of the molecule is COc1ccc(/C=N/N2C(=O)/C(=C\c3ccc(O)cc3O)SC2=S)c(C(=O)O)c1OC. The second-order valence-electron chi connectivity index (χ2n) is 6.05. The van der Waals surface area contributed by atoms with Gasteiger partial charge in [0.25, 0.3) is 5.91 Å². The number of carboxylic acids is 1. The third kappa shape index (κ3) is 4.47. The van der Waals surface area contributed by atoms with Crippen LogP contribution in [-0.2, 0) is 4.79 Å². The van der Waals surface area contributed by atoms with E-state index in [-0.39, 0.29) is 43.4 Å². The van der Waals surface area contributed by atoms with Crippen molar-refractivity contribution in [2.24, 2.45) is 5.10 Å². The van der Waals surface area contributed by atoms with Gasteiger partial charge in [-0.3, -0.25) is 4.79 Å². The third-order valence-electron chi connectivity index (χ3n) is 4.18. The Hall–Kier alpha value is -3.57. The summed E-state index contributed by atoms with van der Waals surface area (Å²) in [7, 11) is 2.70. The molecule has 2 aromatic carbocycles. The number of ether oxygens (including phenoxy) is 2. The Kier molecular flexibility index (Phi) is 6.47. The number of phenolic OH excluding ortho intramolecular Hbond substituents is 2. The van der Waals surface area contributed by atoms with Gasteiger partial charge in [0, 0.05) is 17.2 Å². The summed E-state index contributed by atoms with van der Waals surface area (Å²) < 4.78 is 10.4.